The molecular weight excluding hydrogens is 344 g/mol. The minimum Gasteiger partial charge on any atom is -0.462 e. The summed E-state index contributed by atoms with van der Waals surface area (Å²) in [6, 6.07) is 0. The lowest BCUT2D eigenvalue weighted by Gasteiger charge is -2.58. The molecule has 2 heteroatoms. The van der Waals surface area contributed by atoms with Crippen LogP contribution in [0.5, 0.6) is 0 Å². The van der Waals surface area contributed by atoms with Gasteiger partial charge in [0, 0.05) is 13.3 Å². The van der Waals surface area contributed by atoms with Gasteiger partial charge in [0.15, 0.2) is 0 Å². The lowest BCUT2D eigenvalue weighted by atomic mass is 9.47. The van der Waals surface area contributed by atoms with Gasteiger partial charge in [-0.15, -0.1) is 0 Å². The average Bonchev–Trinajstić information content (AvgIpc) is 2.99. The Hall–Kier alpha value is -0.790. The van der Waals surface area contributed by atoms with E-state index in [1.165, 1.54) is 51.4 Å². The molecular formula is C26H42O2. The number of hydrogen-bond donors (Lipinski definition) is 0. The van der Waals surface area contributed by atoms with Gasteiger partial charge in [-0.05, 0) is 85.4 Å². The fraction of sp³-hybridized carbons (Fsp3) is 0.885. The van der Waals surface area contributed by atoms with Gasteiger partial charge in [0.1, 0.15) is 6.10 Å². The first kappa shape index (κ1) is 20.5. The van der Waals surface area contributed by atoms with Crippen LogP contribution in [0.15, 0.2) is 11.6 Å². The van der Waals surface area contributed by atoms with Crippen LogP contribution in [0, 0.1) is 40.4 Å². The van der Waals surface area contributed by atoms with E-state index in [-0.39, 0.29) is 12.1 Å². The van der Waals surface area contributed by atoms with E-state index in [1.54, 1.807) is 12.5 Å². The summed E-state index contributed by atoms with van der Waals surface area (Å²) in [5.41, 5.74) is 2.55. The number of rotatable bonds is 4. The highest BCUT2D eigenvalue weighted by Gasteiger charge is 2.59. The molecule has 0 bridgehead atoms. The highest BCUT2D eigenvalue weighted by molar-refractivity contribution is 5.66. The molecule has 0 aromatic carbocycles. The van der Waals surface area contributed by atoms with Crippen molar-refractivity contribution >= 4 is 5.97 Å². The maximum Gasteiger partial charge on any atom is 0.302 e. The molecule has 3 saturated carbocycles. The topological polar surface area (TPSA) is 26.3 Å². The summed E-state index contributed by atoms with van der Waals surface area (Å²) in [6.45, 7) is 11.6. The van der Waals surface area contributed by atoms with E-state index >= 15 is 0 Å². The zero-order valence-electron chi connectivity index (χ0n) is 18.9. The normalized spacial score (nSPS) is 46.0. The molecule has 0 spiro atoms. The molecule has 4 aliphatic carbocycles. The minimum atomic E-state index is -0.116. The summed E-state index contributed by atoms with van der Waals surface area (Å²) in [5.74, 6) is 4.38. The average molecular weight is 387 g/mol. The predicted octanol–water partition coefficient (Wildman–Crippen LogP) is 6.93. The Kier molecular flexibility index (Phi) is 5.47. The van der Waals surface area contributed by atoms with Crippen LogP contribution >= 0.6 is 0 Å². The molecule has 0 aromatic heterocycles. The number of carbonyl (C=O) groups excluding carboxylic acids is 1. The first-order valence-electron chi connectivity index (χ1n) is 12.2. The number of hydrogen-bond acceptors (Lipinski definition) is 2. The number of carbonyl (C=O) groups is 1. The highest BCUT2D eigenvalue weighted by atomic mass is 16.5. The summed E-state index contributed by atoms with van der Waals surface area (Å²) in [6.07, 6.45) is 15.7. The number of allylic oxidation sites excluding steroid dienone is 1. The Morgan fingerprint density at radius 2 is 1.96 bits per heavy atom. The summed E-state index contributed by atoms with van der Waals surface area (Å²) < 4.78 is 5.59. The van der Waals surface area contributed by atoms with Crippen molar-refractivity contribution < 1.29 is 9.53 Å². The first-order chi connectivity index (χ1) is 13.3. The van der Waals surface area contributed by atoms with Gasteiger partial charge < -0.3 is 4.74 Å². The molecule has 0 N–H and O–H groups in total. The number of ether oxygens (including phenoxy) is 1. The highest BCUT2D eigenvalue weighted by Crippen LogP contribution is 2.67. The zero-order valence-corrected chi connectivity index (χ0v) is 18.9. The Morgan fingerprint density at radius 1 is 1.18 bits per heavy atom. The monoisotopic (exact) mass is 386 g/mol. The van der Waals surface area contributed by atoms with Gasteiger partial charge in [0.25, 0.3) is 0 Å². The fourth-order valence-corrected chi connectivity index (χ4v) is 8.59. The molecule has 4 aliphatic rings. The van der Waals surface area contributed by atoms with Gasteiger partial charge in [-0.2, -0.15) is 0 Å². The van der Waals surface area contributed by atoms with Gasteiger partial charge in [-0.25, -0.2) is 0 Å². The summed E-state index contributed by atoms with van der Waals surface area (Å²) in [5, 5.41) is 0. The SMILES string of the molecule is CCC[C@@H](C)[C@@H]1CC[C@H]2[C@H]3CC=C4C[C@@H](OC(C)=O)CC[C@]4(C)[C@@H]3CC[C@@]21C. The van der Waals surface area contributed by atoms with Gasteiger partial charge in [0.2, 0.25) is 0 Å². The van der Waals surface area contributed by atoms with Crippen molar-refractivity contribution in [3.05, 3.63) is 11.6 Å². The summed E-state index contributed by atoms with van der Waals surface area (Å²) >= 11 is 0. The molecule has 0 saturated heterocycles. The van der Waals surface area contributed by atoms with E-state index in [9.17, 15) is 4.79 Å². The van der Waals surface area contributed by atoms with E-state index in [1.807, 2.05) is 0 Å². The second-order valence-electron chi connectivity index (χ2n) is 11.2. The molecule has 0 aliphatic heterocycles. The molecule has 28 heavy (non-hydrogen) atoms. The molecule has 0 unspecified atom stereocenters. The lowest BCUT2D eigenvalue weighted by Crippen LogP contribution is -2.51. The van der Waals surface area contributed by atoms with Crippen LogP contribution in [0.3, 0.4) is 0 Å². The Labute approximate surface area is 172 Å². The number of fused-ring (bicyclic) bond motifs is 5. The zero-order chi connectivity index (χ0) is 20.1. The molecule has 8 atom stereocenters. The van der Waals surface area contributed by atoms with Crippen LogP contribution in [0.2, 0.25) is 0 Å². The smallest absolute Gasteiger partial charge is 0.302 e. The van der Waals surface area contributed by atoms with Crippen molar-refractivity contribution in [3.63, 3.8) is 0 Å². The van der Waals surface area contributed by atoms with E-state index in [0.29, 0.717) is 10.8 Å². The second kappa shape index (κ2) is 7.47. The summed E-state index contributed by atoms with van der Waals surface area (Å²) in [7, 11) is 0. The standard InChI is InChI=1S/C26H42O2/c1-6-7-17(2)22-10-11-23-21-9-8-19-16-20(28-18(3)27)12-14-25(19,4)24(21)13-15-26(22,23)5/h8,17,20-24H,6-7,9-16H2,1-5H3/t17-,20+,21-,22+,23+,24-,25+,26-/m1/s1. The van der Waals surface area contributed by atoms with Crippen molar-refractivity contribution in [2.75, 3.05) is 0 Å². The number of esters is 1. The van der Waals surface area contributed by atoms with Crippen molar-refractivity contribution in [2.24, 2.45) is 40.4 Å². The first-order valence-corrected chi connectivity index (χ1v) is 12.2. The van der Waals surface area contributed by atoms with Crippen LogP contribution in [-0.2, 0) is 9.53 Å². The van der Waals surface area contributed by atoms with Gasteiger partial charge in [-0.1, -0.05) is 52.2 Å². The van der Waals surface area contributed by atoms with Crippen molar-refractivity contribution in [1.82, 2.24) is 0 Å². The van der Waals surface area contributed by atoms with Crippen LogP contribution in [0.4, 0.5) is 0 Å². The molecule has 0 heterocycles. The van der Waals surface area contributed by atoms with Crippen LogP contribution < -0.4 is 0 Å². The van der Waals surface area contributed by atoms with Crippen molar-refractivity contribution in [3.8, 4) is 0 Å². The third kappa shape index (κ3) is 3.18. The van der Waals surface area contributed by atoms with Gasteiger partial charge in [0.05, 0.1) is 0 Å². The Bertz CT molecular complexity index is 636. The van der Waals surface area contributed by atoms with E-state index in [2.05, 4.69) is 33.8 Å². The molecule has 158 valence electrons. The minimum absolute atomic E-state index is 0.116. The largest absolute Gasteiger partial charge is 0.462 e. The van der Waals surface area contributed by atoms with Gasteiger partial charge in [-0.3, -0.25) is 4.79 Å². The lowest BCUT2D eigenvalue weighted by molar-refractivity contribution is -0.148. The second-order valence-corrected chi connectivity index (χ2v) is 11.2. The molecule has 0 amide bonds. The van der Waals surface area contributed by atoms with Crippen LogP contribution in [-0.4, -0.2) is 12.1 Å². The van der Waals surface area contributed by atoms with Crippen LogP contribution in [0.25, 0.3) is 0 Å². The maximum atomic E-state index is 11.4. The molecule has 2 nitrogen and oxygen atoms in total. The molecule has 0 aromatic rings. The molecule has 3 fully saturated rings. The van der Waals surface area contributed by atoms with Crippen LogP contribution in [0.1, 0.15) is 98.8 Å². The van der Waals surface area contributed by atoms with E-state index < -0.39 is 0 Å². The Morgan fingerprint density at radius 3 is 2.68 bits per heavy atom. The van der Waals surface area contributed by atoms with E-state index in [0.717, 1.165) is 42.4 Å². The van der Waals surface area contributed by atoms with Crippen molar-refractivity contribution in [2.45, 2.75) is 105 Å². The summed E-state index contributed by atoms with van der Waals surface area (Å²) in [4.78, 5) is 11.4. The fourth-order valence-electron chi connectivity index (χ4n) is 8.59. The third-order valence-electron chi connectivity index (χ3n) is 9.90. The van der Waals surface area contributed by atoms with Gasteiger partial charge >= 0.3 is 5.97 Å². The molecule has 4 rings (SSSR count). The van der Waals surface area contributed by atoms with E-state index in [4.69, 9.17) is 4.74 Å². The van der Waals surface area contributed by atoms with Crippen molar-refractivity contribution in [1.29, 1.82) is 0 Å². The quantitative estimate of drug-likeness (QED) is 0.386. The Balaban J connectivity index is 1.54. The third-order valence-corrected chi connectivity index (χ3v) is 9.90. The predicted molar refractivity (Wildman–Crippen MR) is 115 cm³/mol. The molecule has 0 radical (unpaired) electrons. The maximum absolute atomic E-state index is 11.4.